The molecule has 2 aromatic rings. The van der Waals surface area contributed by atoms with Crippen LogP contribution in [-0.2, 0) is 24.7 Å². The maximum Gasteiger partial charge on any atom is 0.243 e. The second-order valence-corrected chi connectivity index (χ2v) is 12.4. The molecule has 3 rings (SSSR count). The number of nitrogens with one attached hydrogen (secondary N) is 1. The van der Waals surface area contributed by atoms with Crippen LogP contribution >= 0.6 is 11.3 Å². The van der Waals surface area contributed by atoms with Crippen molar-refractivity contribution in [3.8, 4) is 0 Å². The Morgan fingerprint density at radius 1 is 1.13 bits per heavy atom. The second kappa shape index (κ2) is 8.77. The number of thiazole rings is 1. The van der Waals surface area contributed by atoms with Crippen LogP contribution < -0.4 is 5.32 Å². The molecular weight excluding hydrogens is 462 g/mol. The number of aromatic nitrogens is 1. The lowest BCUT2D eigenvalue weighted by atomic mass is 9.97. The lowest BCUT2D eigenvalue weighted by molar-refractivity contribution is -0.120. The molecule has 2 heterocycles. The topological polar surface area (TPSA) is 131 Å². The highest BCUT2D eigenvalue weighted by atomic mass is 32.2. The molecule has 1 saturated heterocycles. The van der Waals surface area contributed by atoms with Crippen LogP contribution in [0.2, 0.25) is 0 Å². The standard InChI is InChI=1S/C19H23N3O6S3/c1-12-17(13(2)23)29-19(20-12)21-18(24)14-7-9-22(10-8-14)31(27,28)16-6-4-5-15(11-16)30(3,25)26/h4-6,11,14H,7-10H2,1-3H3,(H,20,21,24). The number of anilines is 1. The lowest BCUT2D eigenvalue weighted by Crippen LogP contribution is -2.41. The summed E-state index contributed by atoms with van der Waals surface area (Å²) in [6.45, 7) is 3.41. The van der Waals surface area contributed by atoms with E-state index in [2.05, 4.69) is 10.3 Å². The Morgan fingerprint density at radius 2 is 1.74 bits per heavy atom. The number of sulfonamides is 1. The van der Waals surface area contributed by atoms with Gasteiger partial charge in [-0.25, -0.2) is 21.8 Å². The molecule has 1 N–H and O–H groups in total. The van der Waals surface area contributed by atoms with Crippen molar-refractivity contribution in [3.05, 3.63) is 34.8 Å². The first-order valence-electron chi connectivity index (χ1n) is 9.49. The lowest BCUT2D eigenvalue weighted by Gasteiger charge is -2.30. The summed E-state index contributed by atoms with van der Waals surface area (Å²) in [7, 11) is -7.41. The van der Waals surface area contributed by atoms with Gasteiger partial charge in [-0.15, -0.1) is 0 Å². The number of ketones is 1. The number of sulfone groups is 1. The zero-order valence-corrected chi connectivity index (χ0v) is 19.7. The van der Waals surface area contributed by atoms with Gasteiger partial charge in [-0.2, -0.15) is 4.31 Å². The van der Waals surface area contributed by atoms with Gasteiger partial charge in [0.25, 0.3) is 0 Å². The van der Waals surface area contributed by atoms with Crippen molar-refractivity contribution in [1.82, 2.24) is 9.29 Å². The number of carbonyl (C=O) groups is 2. The van der Waals surface area contributed by atoms with E-state index in [1.165, 1.54) is 29.4 Å². The quantitative estimate of drug-likeness (QED) is 0.620. The highest BCUT2D eigenvalue weighted by molar-refractivity contribution is 7.91. The number of hydrogen-bond donors (Lipinski definition) is 1. The van der Waals surface area contributed by atoms with Crippen molar-refractivity contribution in [1.29, 1.82) is 0 Å². The van der Waals surface area contributed by atoms with Crippen molar-refractivity contribution in [3.63, 3.8) is 0 Å². The summed E-state index contributed by atoms with van der Waals surface area (Å²) in [5.41, 5.74) is 0.560. The summed E-state index contributed by atoms with van der Waals surface area (Å²) >= 11 is 1.12. The third kappa shape index (κ3) is 5.20. The molecule has 0 radical (unpaired) electrons. The Bertz CT molecular complexity index is 1230. The van der Waals surface area contributed by atoms with Gasteiger partial charge < -0.3 is 5.32 Å². The predicted molar refractivity (Wildman–Crippen MR) is 117 cm³/mol. The molecule has 1 fully saturated rings. The Morgan fingerprint density at radius 3 is 2.29 bits per heavy atom. The average Bonchev–Trinajstić information content (AvgIpc) is 3.08. The monoisotopic (exact) mass is 485 g/mol. The molecule has 168 valence electrons. The van der Waals surface area contributed by atoms with Gasteiger partial charge in [-0.3, -0.25) is 9.59 Å². The Kier molecular flexibility index (Phi) is 6.65. The summed E-state index contributed by atoms with van der Waals surface area (Å²) in [6, 6.07) is 5.26. The maximum absolute atomic E-state index is 12.9. The third-order valence-electron chi connectivity index (χ3n) is 5.04. The van der Waals surface area contributed by atoms with Gasteiger partial charge >= 0.3 is 0 Å². The van der Waals surface area contributed by atoms with Crippen LogP contribution in [0.1, 0.15) is 35.1 Å². The number of nitrogens with zero attached hydrogens (tertiary/aromatic N) is 2. The van der Waals surface area contributed by atoms with Gasteiger partial charge in [-0.1, -0.05) is 17.4 Å². The van der Waals surface area contributed by atoms with Crippen LogP contribution in [0, 0.1) is 12.8 Å². The highest BCUT2D eigenvalue weighted by Crippen LogP contribution is 2.28. The zero-order chi connectivity index (χ0) is 23.0. The number of amides is 1. The van der Waals surface area contributed by atoms with Crippen molar-refractivity contribution < 1.29 is 26.4 Å². The molecule has 31 heavy (non-hydrogen) atoms. The predicted octanol–water partition coefficient (Wildman–Crippen LogP) is 2.10. The fraction of sp³-hybridized carbons (Fsp3) is 0.421. The molecule has 1 amide bonds. The Balaban J connectivity index is 1.67. The van der Waals surface area contributed by atoms with E-state index in [-0.39, 0.29) is 34.6 Å². The van der Waals surface area contributed by atoms with Crippen molar-refractivity contribution >= 4 is 48.0 Å². The number of benzene rings is 1. The highest BCUT2D eigenvalue weighted by Gasteiger charge is 2.33. The van der Waals surface area contributed by atoms with Crippen LogP contribution in [0.25, 0.3) is 0 Å². The molecule has 0 aliphatic carbocycles. The summed E-state index contributed by atoms with van der Waals surface area (Å²) in [5.74, 6) is -0.771. The van der Waals surface area contributed by atoms with Crippen LogP contribution in [0.15, 0.2) is 34.1 Å². The normalized spacial score (nSPS) is 16.2. The van der Waals surface area contributed by atoms with Crippen LogP contribution in [0.5, 0.6) is 0 Å². The zero-order valence-electron chi connectivity index (χ0n) is 17.3. The molecule has 1 aliphatic heterocycles. The van der Waals surface area contributed by atoms with Crippen molar-refractivity contribution in [2.75, 3.05) is 24.7 Å². The van der Waals surface area contributed by atoms with E-state index in [1.807, 2.05) is 0 Å². The van der Waals surface area contributed by atoms with Gasteiger partial charge in [0.1, 0.15) is 0 Å². The maximum atomic E-state index is 12.9. The largest absolute Gasteiger partial charge is 0.302 e. The van der Waals surface area contributed by atoms with Crippen molar-refractivity contribution in [2.45, 2.75) is 36.5 Å². The minimum atomic E-state index is -3.88. The smallest absolute Gasteiger partial charge is 0.243 e. The summed E-state index contributed by atoms with van der Waals surface area (Å²) in [5, 5.41) is 3.07. The molecule has 9 nitrogen and oxygen atoms in total. The molecular formula is C19H23N3O6S3. The van der Waals surface area contributed by atoms with Crippen LogP contribution in [0.4, 0.5) is 5.13 Å². The number of hydrogen-bond acceptors (Lipinski definition) is 8. The number of piperidine rings is 1. The molecule has 1 aromatic carbocycles. The minimum absolute atomic E-state index is 0.0634. The van der Waals surface area contributed by atoms with E-state index in [0.29, 0.717) is 28.5 Å². The molecule has 0 unspecified atom stereocenters. The van der Waals surface area contributed by atoms with E-state index in [0.717, 1.165) is 23.7 Å². The Labute approximate surface area is 185 Å². The van der Waals surface area contributed by atoms with Crippen LogP contribution in [-0.4, -0.2) is 57.2 Å². The molecule has 0 bridgehead atoms. The number of carbonyl (C=O) groups excluding carboxylic acids is 2. The van der Waals surface area contributed by atoms with Crippen LogP contribution in [0.3, 0.4) is 0 Å². The SMILES string of the molecule is CC(=O)c1sc(NC(=O)C2CCN(S(=O)(=O)c3cccc(S(C)(=O)=O)c3)CC2)nc1C. The fourth-order valence-electron chi connectivity index (χ4n) is 3.36. The molecule has 12 heteroatoms. The van der Waals surface area contributed by atoms with Gasteiger partial charge in [0, 0.05) is 32.2 Å². The summed E-state index contributed by atoms with van der Waals surface area (Å²) in [4.78, 5) is 28.7. The first kappa shape index (κ1) is 23.5. The molecule has 1 aromatic heterocycles. The molecule has 0 saturated carbocycles. The van der Waals surface area contributed by atoms with E-state index in [4.69, 9.17) is 0 Å². The summed E-state index contributed by atoms with van der Waals surface area (Å²) < 4.78 is 50.6. The number of rotatable bonds is 6. The first-order chi connectivity index (χ1) is 14.4. The van der Waals surface area contributed by atoms with Crippen molar-refractivity contribution in [2.24, 2.45) is 5.92 Å². The number of Topliss-reactive ketones (excluding diaryl/α,β-unsaturated/α-hetero) is 1. The molecule has 0 spiro atoms. The Hall–Kier alpha value is -2.15. The van der Waals surface area contributed by atoms with E-state index in [9.17, 15) is 26.4 Å². The first-order valence-corrected chi connectivity index (χ1v) is 13.6. The molecule has 0 atom stereocenters. The van der Waals surface area contributed by atoms with Gasteiger partial charge in [0.15, 0.2) is 20.8 Å². The van der Waals surface area contributed by atoms with E-state index in [1.54, 1.807) is 6.92 Å². The van der Waals surface area contributed by atoms with Gasteiger partial charge in [0.2, 0.25) is 15.9 Å². The van der Waals surface area contributed by atoms with Gasteiger partial charge in [0.05, 0.1) is 20.4 Å². The molecule has 1 aliphatic rings. The average molecular weight is 486 g/mol. The minimum Gasteiger partial charge on any atom is -0.302 e. The number of aryl methyl sites for hydroxylation is 1. The third-order valence-corrected chi connectivity index (χ3v) is 9.22. The van der Waals surface area contributed by atoms with Gasteiger partial charge in [-0.05, 0) is 38.0 Å². The fourth-order valence-corrected chi connectivity index (χ4v) is 6.48. The van der Waals surface area contributed by atoms with E-state index >= 15 is 0 Å². The second-order valence-electron chi connectivity index (χ2n) is 7.40. The van der Waals surface area contributed by atoms with E-state index < -0.39 is 25.8 Å². The summed E-state index contributed by atoms with van der Waals surface area (Å²) in [6.07, 6.45) is 1.66.